The van der Waals surface area contributed by atoms with Crippen molar-refractivity contribution in [2.75, 3.05) is 18.4 Å². The molecule has 3 N–H and O–H groups in total. The van der Waals surface area contributed by atoms with Crippen molar-refractivity contribution in [3.05, 3.63) is 23.4 Å². The second-order valence-electron chi connectivity index (χ2n) is 3.26. The lowest BCUT2D eigenvalue weighted by atomic mass is 10.0. The number of rotatable bonds is 2. The highest BCUT2D eigenvalue weighted by molar-refractivity contribution is 6.03. The van der Waals surface area contributed by atoms with Crippen LogP contribution in [0, 0.1) is 0 Å². The van der Waals surface area contributed by atoms with Gasteiger partial charge in [0, 0.05) is 24.7 Å². The largest absolute Gasteiger partial charge is 0.309 e. The molecule has 0 bridgehead atoms. The van der Waals surface area contributed by atoms with Gasteiger partial charge in [0.15, 0.2) is 0 Å². The molecule has 5 nitrogen and oxygen atoms in total. The van der Waals surface area contributed by atoms with Crippen LogP contribution < -0.4 is 10.6 Å². The van der Waals surface area contributed by atoms with E-state index in [1.807, 2.05) is 6.92 Å². The molecular weight excluding hydrogens is 180 g/mol. The zero-order chi connectivity index (χ0) is 9.97. The Labute approximate surface area is 81.6 Å². The van der Waals surface area contributed by atoms with Gasteiger partial charge in [0.2, 0.25) is 0 Å². The molecule has 14 heavy (non-hydrogen) atoms. The molecule has 5 heteroatoms. The van der Waals surface area contributed by atoms with E-state index >= 15 is 0 Å². The average Bonchev–Trinajstić information content (AvgIpc) is 2.53. The molecule has 0 spiro atoms. The zero-order valence-corrected chi connectivity index (χ0v) is 7.92. The molecule has 1 aromatic rings. The smallest absolute Gasteiger partial charge is 0.252 e. The molecule has 2 rings (SSSR count). The first kappa shape index (κ1) is 8.96. The van der Waals surface area contributed by atoms with E-state index in [0.717, 1.165) is 18.7 Å². The molecular formula is C9H12N4O. The normalized spacial score (nSPS) is 14.8. The number of anilines is 1. The Bertz CT molecular complexity index is 360. The highest BCUT2D eigenvalue weighted by Crippen LogP contribution is 2.10. The van der Waals surface area contributed by atoms with Gasteiger partial charge in [-0.05, 0) is 12.5 Å². The van der Waals surface area contributed by atoms with Gasteiger partial charge in [-0.3, -0.25) is 9.89 Å². The second kappa shape index (κ2) is 3.63. The third-order valence-corrected chi connectivity index (χ3v) is 2.30. The van der Waals surface area contributed by atoms with Crippen LogP contribution in [0.15, 0.2) is 23.4 Å². The van der Waals surface area contributed by atoms with Crippen LogP contribution in [0.2, 0.25) is 0 Å². The zero-order valence-electron chi connectivity index (χ0n) is 7.92. The molecule has 1 aromatic heterocycles. The molecule has 0 aromatic carbocycles. The first-order chi connectivity index (χ1) is 6.77. The van der Waals surface area contributed by atoms with Crippen molar-refractivity contribution in [2.24, 2.45) is 0 Å². The van der Waals surface area contributed by atoms with Gasteiger partial charge in [-0.15, -0.1) is 0 Å². The van der Waals surface area contributed by atoms with Crippen molar-refractivity contribution < 1.29 is 4.79 Å². The van der Waals surface area contributed by atoms with E-state index in [4.69, 9.17) is 0 Å². The number of carbonyl (C=O) groups excluding carboxylic acids is 1. The third-order valence-electron chi connectivity index (χ3n) is 2.30. The van der Waals surface area contributed by atoms with Crippen molar-refractivity contribution in [3.63, 3.8) is 0 Å². The lowest BCUT2D eigenvalue weighted by Gasteiger charge is -2.21. The molecule has 1 fully saturated rings. The van der Waals surface area contributed by atoms with Crippen LogP contribution in [-0.2, 0) is 4.79 Å². The lowest BCUT2D eigenvalue weighted by Crippen LogP contribution is -2.36. The summed E-state index contributed by atoms with van der Waals surface area (Å²) in [6.07, 6.45) is 1.60. The molecule has 1 aliphatic rings. The summed E-state index contributed by atoms with van der Waals surface area (Å²) in [7, 11) is 0. The number of carbonyl (C=O) groups is 1. The van der Waals surface area contributed by atoms with Crippen LogP contribution in [-0.4, -0.2) is 29.2 Å². The molecule has 0 radical (unpaired) electrons. The molecule has 0 atom stereocenters. The van der Waals surface area contributed by atoms with Gasteiger partial charge >= 0.3 is 0 Å². The molecule has 0 aliphatic carbocycles. The number of H-pyrrole nitrogens is 1. The molecule has 1 saturated heterocycles. The number of aromatic amines is 1. The Morgan fingerprint density at radius 1 is 1.57 bits per heavy atom. The topological polar surface area (TPSA) is 69.8 Å². The van der Waals surface area contributed by atoms with E-state index in [9.17, 15) is 4.79 Å². The van der Waals surface area contributed by atoms with Gasteiger partial charge in [0.1, 0.15) is 5.82 Å². The Balaban J connectivity index is 2.02. The third kappa shape index (κ3) is 1.67. The maximum atomic E-state index is 11.6. The molecule has 1 aliphatic heterocycles. The molecule has 2 heterocycles. The van der Waals surface area contributed by atoms with E-state index in [1.54, 1.807) is 12.3 Å². The Hall–Kier alpha value is -1.62. The van der Waals surface area contributed by atoms with Crippen LogP contribution in [0.25, 0.3) is 0 Å². The van der Waals surface area contributed by atoms with E-state index in [2.05, 4.69) is 20.8 Å². The van der Waals surface area contributed by atoms with Gasteiger partial charge in [-0.25, -0.2) is 0 Å². The van der Waals surface area contributed by atoms with E-state index in [-0.39, 0.29) is 5.91 Å². The van der Waals surface area contributed by atoms with Crippen LogP contribution in [0.3, 0.4) is 0 Å². The molecule has 74 valence electrons. The second-order valence-corrected chi connectivity index (χ2v) is 3.26. The van der Waals surface area contributed by atoms with Gasteiger partial charge < -0.3 is 10.6 Å². The highest BCUT2D eigenvalue weighted by Gasteiger charge is 2.15. The summed E-state index contributed by atoms with van der Waals surface area (Å²) in [4.78, 5) is 11.6. The number of nitrogens with one attached hydrogen (secondary N) is 3. The first-order valence-corrected chi connectivity index (χ1v) is 4.47. The summed E-state index contributed by atoms with van der Waals surface area (Å²) < 4.78 is 0. The van der Waals surface area contributed by atoms with Crippen molar-refractivity contribution in [2.45, 2.75) is 6.92 Å². The fourth-order valence-corrected chi connectivity index (χ4v) is 1.22. The van der Waals surface area contributed by atoms with Crippen molar-refractivity contribution in [3.8, 4) is 0 Å². The monoisotopic (exact) mass is 192 g/mol. The van der Waals surface area contributed by atoms with Gasteiger partial charge in [0.25, 0.3) is 5.91 Å². The summed E-state index contributed by atoms with van der Waals surface area (Å²) in [5, 5.41) is 12.2. The number of hydrogen-bond donors (Lipinski definition) is 3. The molecule has 0 unspecified atom stereocenters. The van der Waals surface area contributed by atoms with Crippen molar-refractivity contribution in [1.82, 2.24) is 15.5 Å². The van der Waals surface area contributed by atoms with Crippen LogP contribution in [0.1, 0.15) is 6.92 Å². The first-order valence-electron chi connectivity index (χ1n) is 4.47. The summed E-state index contributed by atoms with van der Waals surface area (Å²) in [5.41, 5.74) is 1.96. The number of nitrogens with zero attached hydrogens (tertiary/aromatic N) is 1. The quantitative estimate of drug-likeness (QED) is 0.589. The minimum absolute atomic E-state index is 0.0641. The summed E-state index contributed by atoms with van der Waals surface area (Å²) in [5.74, 6) is 0.563. The SMILES string of the molecule is CC(C(=O)Nc1ccn[nH]1)=C1CNC1. The van der Waals surface area contributed by atoms with Gasteiger partial charge in [-0.1, -0.05) is 0 Å². The Kier molecular flexibility index (Phi) is 2.32. The van der Waals surface area contributed by atoms with Gasteiger partial charge in [0.05, 0.1) is 6.20 Å². The summed E-state index contributed by atoms with van der Waals surface area (Å²) >= 11 is 0. The predicted octanol–water partition coefficient (Wildman–Crippen LogP) is 0.268. The van der Waals surface area contributed by atoms with E-state index < -0.39 is 0 Å². The van der Waals surface area contributed by atoms with E-state index in [0.29, 0.717) is 5.82 Å². The number of amides is 1. The highest BCUT2D eigenvalue weighted by atomic mass is 16.1. The van der Waals surface area contributed by atoms with Crippen LogP contribution in [0.5, 0.6) is 0 Å². The minimum atomic E-state index is -0.0641. The summed E-state index contributed by atoms with van der Waals surface area (Å²) in [6, 6.07) is 1.72. The average molecular weight is 192 g/mol. The molecule has 0 saturated carbocycles. The Morgan fingerprint density at radius 3 is 2.86 bits per heavy atom. The molecule has 1 amide bonds. The standard InChI is InChI=1S/C9H12N4O/c1-6(7-4-10-5-7)9(14)12-8-2-3-11-13-8/h2-3,10H,4-5H2,1H3,(H2,11,12,13,14). The Morgan fingerprint density at radius 2 is 2.36 bits per heavy atom. The maximum absolute atomic E-state index is 11.6. The maximum Gasteiger partial charge on any atom is 0.252 e. The van der Waals surface area contributed by atoms with Gasteiger partial charge in [-0.2, -0.15) is 5.10 Å². The van der Waals surface area contributed by atoms with Crippen LogP contribution in [0.4, 0.5) is 5.82 Å². The fraction of sp³-hybridized carbons (Fsp3) is 0.333. The number of aromatic nitrogens is 2. The summed E-state index contributed by atoms with van der Waals surface area (Å²) in [6.45, 7) is 3.48. The van der Waals surface area contributed by atoms with Crippen molar-refractivity contribution in [1.29, 1.82) is 0 Å². The van der Waals surface area contributed by atoms with E-state index in [1.165, 1.54) is 5.57 Å². The van der Waals surface area contributed by atoms with Crippen LogP contribution >= 0.6 is 0 Å². The predicted molar refractivity (Wildman–Crippen MR) is 52.8 cm³/mol. The number of hydrogen-bond acceptors (Lipinski definition) is 3. The minimum Gasteiger partial charge on any atom is -0.309 e. The lowest BCUT2D eigenvalue weighted by molar-refractivity contribution is -0.112. The fourth-order valence-electron chi connectivity index (χ4n) is 1.22. The van der Waals surface area contributed by atoms with Crippen molar-refractivity contribution >= 4 is 11.7 Å².